The molecule has 3 aromatic heterocycles. The van der Waals surface area contributed by atoms with Crippen molar-refractivity contribution in [3.05, 3.63) is 52.0 Å². The molecule has 0 atom stereocenters. The molecule has 0 spiro atoms. The molecular formula is C14H8BrN5O2. The minimum atomic E-state index is -0.364. The van der Waals surface area contributed by atoms with E-state index in [0.717, 1.165) is 0 Å². The Bertz CT molecular complexity index is 936. The first-order valence-electron chi connectivity index (χ1n) is 6.45. The van der Waals surface area contributed by atoms with Crippen LogP contribution in [0.3, 0.4) is 0 Å². The van der Waals surface area contributed by atoms with Crippen molar-refractivity contribution < 1.29 is 9.59 Å². The van der Waals surface area contributed by atoms with Crippen molar-refractivity contribution >= 4 is 38.8 Å². The molecule has 0 fully saturated rings. The maximum Gasteiger partial charge on any atom is 0.263 e. The lowest BCUT2D eigenvalue weighted by Crippen LogP contribution is -2.29. The summed E-state index contributed by atoms with van der Waals surface area (Å²) in [6.07, 6.45) is 2.91. The topological polar surface area (TPSA) is 91.8 Å². The molecule has 1 aliphatic rings. The van der Waals surface area contributed by atoms with Gasteiger partial charge in [-0.05, 0) is 28.1 Å². The molecule has 0 saturated carbocycles. The summed E-state index contributed by atoms with van der Waals surface area (Å²) in [6.45, 7) is 0.116. The number of hydrogen-bond acceptors (Lipinski definition) is 5. The number of nitrogens with zero attached hydrogens (tertiary/aromatic N) is 4. The van der Waals surface area contributed by atoms with Gasteiger partial charge in [-0.3, -0.25) is 19.6 Å². The lowest BCUT2D eigenvalue weighted by molar-refractivity contribution is 0.0641. The highest BCUT2D eigenvalue weighted by Crippen LogP contribution is 2.28. The van der Waals surface area contributed by atoms with Crippen LogP contribution in [0.4, 0.5) is 0 Å². The molecule has 108 valence electrons. The maximum atomic E-state index is 12.6. The molecule has 0 aliphatic carbocycles. The number of amides is 2. The van der Waals surface area contributed by atoms with Crippen LogP contribution in [0, 0.1) is 0 Å². The molecule has 22 heavy (non-hydrogen) atoms. The van der Waals surface area contributed by atoms with Crippen molar-refractivity contribution in [2.45, 2.75) is 6.54 Å². The summed E-state index contributed by atoms with van der Waals surface area (Å²) in [4.78, 5) is 34.6. The molecule has 2 amide bonds. The smallest absolute Gasteiger partial charge is 0.263 e. The molecule has 8 heteroatoms. The Morgan fingerprint density at radius 2 is 2.05 bits per heavy atom. The van der Waals surface area contributed by atoms with Crippen LogP contribution in [-0.4, -0.2) is 36.9 Å². The predicted molar refractivity (Wildman–Crippen MR) is 80.0 cm³/mol. The minimum absolute atomic E-state index is 0.116. The van der Waals surface area contributed by atoms with Gasteiger partial charge in [-0.25, -0.2) is 9.97 Å². The van der Waals surface area contributed by atoms with Gasteiger partial charge in [0, 0.05) is 6.20 Å². The van der Waals surface area contributed by atoms with E-state index in [2.05, 4.69) is 36.1 Å². The van der Waals surface area contributed by atoms with E-state index >= 15 is 0 Å². The molecule has 4 heterocycles. The van der Waals surface area contributed by atoms with Gasteiger partial charge in [0.1, 0.15) is 4.60 Å². The van der Waals surface area contributed by atoms with E-state index in [-0.39, 0.29) is 18.4 Å². The van der Waals surface area contributed by atoms with Crippen LogP contribution >= 0.6 is 15.9 Å². The third-order valence-corrected chi connectivity index (χ3v) is 3.95. The standard InChI is InChI=1S/C14H8BrN5O2/c15-10-3-1-2-7(18-10)6-20-13(21)9-4-16-12-8(5-17-19-12)11(9)14(20)22/h1-5H,6H2,(H,16,17,19). The van der Waals surface area contributed by atoms with Gasteiger partial charge in [-0.15, -0.1) is 0 Å². The number of hydrogen-bond donors (Lipinski definition) is 1. The van der Waals surface area contributed by atoms with Crippen molar-refractivity contribution in [1.29, 1.82) is 0 Å². The summed E-state index contributed by atoms with van der Waals surface area (Å²) in [5.41, 5.74) is 1.76. The highest BCUT2D eigenvalue weighted by Gasteiger charge is 2.38. The van der Waals surface area contributed by atoms with E-state index in [9.17, 15) is 9.59 Å². The van der Waals surface area contributed by atoms with Crippen LogP contribution in [-0.2, 0) is 6.54 Å². The monoisotopic (exact) mass is 357 g/mol. The Hall–Kier alpha value is -2.61. The van der Waals surface area contributed by atoms with E-state index in [4.69, 9.17) is 0 Å². The van der Waals surface area contributed by atoms with E-state index in [1.165, 1.54) is 17.3 Å². The average molecular weight is 358 g/mol. The molecule has 0 bridgehead atoms. The Morgan fingerprint density at radius 1 is 1.18 bits per heavy atom. The first-order valence-corrected chi connectivity index (χ1v) is 7.24. The number of halogens is 1. The van der Waals surface area contributed by atoms with Gasteiger partial charge in [-0.2, -0.15) is 5.10 Å². The lowest BCUT2D eigenvalue weighted by atomic mass is 10.1. The quantitative estimate of drug-likeness (QED) is 0.558. The number of fused-ring (bicyclic) bond motifs is 3. The normalized spacial score (nSPS) is 14.0. The zero-order chi connectivity index (χ0) is 15.3. The van der Waals surface area contributed by atoms with Gasteiger partial charge in [0.05, 0.1) is 34.9 Å². The van der Waals surface area contributed by atoms with Gasteiger partial charge in [0.15, 0.2) is 5.65 Å². The number of carbonyl (C=O) groups excluding carboxylic acids is 2. The Balaban J connectivity index is 1.77. The zero-order valence-corrected chi connectivity index (χ0v) is 12.7. The lowest BCUT2D eigenvalue weighted by Gasteiger charge is -2.13. The van der Waals surface area contributed by atoms with Gasteiger partial charge >= 0.3 is 0 Å². The Morgan fingerprint density at radius 3 is 2.86 bits per heavy atom. The third-order valence-electron chi connectivity index (χ3n) is 3.51. The molecule has 0 saturated heterocycles. The summed E-state index contributed by atoms with van der Waals surface area (Å²) < 4.78 is 0.653. The highest BCUT2D eigenvalue weighted by atomic mass is 79.9. The molecule has 0 radical (unpaired) electrons. The number of aromatic amines is 1. The number of imide groups is 1. The minimum Gasteiger partial charge on any atom is -0.269 e. The fourth-order valence-corrected chi connectivity index (χ4v) is 2.89. The summed E-state index contributed by atoms with van der Waals surface area (Å²) in [6, 6.07) is 5.35. The number of H-pyrrole nitrogens is 1. The van der Waals surface area contributed by atoms with Crippen molar-refractivity contribution in [2.75, 3.05) is 0 Å². The van der Waals surface area contributed by atoms with E-state index in [0.29, 0.717) is 32.5 Å². The number of pyridine rings is 2. The number of aromatic nitrogens is 4. The number of rotatable bonds is 2. The zero-order valence-electron chi connectivity index (χ0n) is 11.1. The second-order valence-corrected chi connectivity index (χ2v) is 5.64. The van der Waals surface area contributed by atoms with E-state index in [1.54, 1.807) is 18.2 Å². The summed E-state index contributed by atoms with van der Waals surface area (Å²) in [5.74, 6) is -0.715. The SMILES string of the molecule is O=C1c2cnc3[nH]ncc3c2C(=O)N1Cc1cccc(Br)n1. The van der Waals surface area contributed by atoms with Crippen molar-refractivity contribution in [3.8, 4) is 0 Å². The number of carbonyl (C=O) groups is 2. The van der Waals surface area contributed by atoms with Crippen molar-refractivity contribution in [2.24, 2.45) is 0 Å². The van der Waals surface area contributed by atoms with Crippen LogP contribution in [0.25, 0.3) is 11.0 Å². The molecule has 7 nitrogen and oxygen atoms in total. The first kappa shape index (κ1) is 13.1. The predicted octanol–water partition coefficient (Wildman–Crippen LogP) is 1.91. The van der Waals surface area contributed by atoms with E-state index < -0.39 is 0 Å². The molecule has 1 aliphatic heterocycles. The van der Waals surface area contributed by atoms with Crippen LogP contribution in [0.2, 0.25) is 0 Å². The summed E-state index contributed by atoms with van der Waals surface area (Å²) >= 11 is 3.28. The molecule has 4 rings (SSSR count). The second-order valence-electron chi connectivity index (χ2n) is 4.83. The van der Waals surface area contributed by atoms with Crippen molar-refractivity contribution in [3.63, 3.8) is 0 Å². The Kier molecular flexibility index (Phi) is 2.80. The van der Waals surface area contributed by atoms with Gasteiger partial charge < -0.3 is 0 Å². The molecule has 0 aromatic carbocycles. The number of nitrogens with one attached hydrogen (secondary N) is 1. The largest absolute Gasteiger partial charge is 0.269 e. The molecule has 1 N–H and O–H groups in total. The second kappa shape index (κ2) is 4.70. The van der Waals surface area contributed by atoms with Crippen LogP contribution in [0.1, 0.15) is 26.4 Å². The molecule has 3 aromatic rings. The first-order chi connectivity index (χ1) is 10.6. The van der Waals surface area contributed by atoms with Crippen LogP contribution in [0.15, 0.2) is 35.2 Å². The summed E-state index contributed by atoms with van der Waals surface area (Å²) in [5, 5.41) is 7.12. The van der Waals surface area contributed by atoms with Crippen LogP contribution in [0.5, 0.6) is 0 Å². The van der Waals surface area contributed by atoms with Crippen LogP contribution < -0.4 is 0 Å². The third kappa shape index (κ3) is 1.84. The van der Waals surface area contributed by atoms with Gasteiger partial charge in [0.25, 0.3) is 11.8 Å². The summed E-state index contributed by atoms with van der Waals surface area (Å²) in [7, 11) is 0. The van der Waals surface area contributed by atoms with Gasteiger partial charge in [-0.1, -0.05) is 6.07 Å². The maximum absolute atomic E-state index is 12.6. The average Bonchev–Trinajstić information content (AvgIpc) is 3.06. The fraction of sp³-hybridized carbons (Fsp3) is 0.0714. The fourth-order valence-electron chi connectivity index (χ4n) is 2.51. The highest BCUT2D eigenvalue weighted by molar-refractivity contribution is 9.10. The molecule has 0 unspecified atom stereocenters. The molecular weight excluding hydrogens is 350 g/mol. The Labute approximate surface area is 132 Å². The van der Waals surface area contributed by atoms with Gasteiger partial charge in [0.2, 0.25) is 0 Å². The van der Waals surface area contributed by atoms with E-state index in [1.807, 2.05) is 0 Å². The van der Waals surface area contributed by atoms with Crippen molar-refractivity contribution in [1.82, 2.24) is 25.1 Å².